The smallest absolute Gasteiger partial charge is 0.170 e. The summed E-state index contributed by atoms with van der Waals surface area (Å²) in [6.45, 7) is 2.85. The van der Waals surface area contributed by atoms with Crippen molar-refractivity contribution in [3.8, 4) is 0 Å². The van der Waals surface area contributed by atoms with Crippen LogP contribution in [0.3, 0.4) is 0 Å². The van der Waals surface area contributed by atoms with E-state index in [9.17, 15) is 0 Å². The second kappa shape index (κ2) is 6.50. The molecule has 0 heterocycles. The van der Waals surface area contributed by atoms with Gasteiger partial charge >= 0.3 is 0 Å². The average Bonchev–Trinajstić information content (AvgIpc) is 2.20. The molecule has 0 saturated carbocycles. The molecule has 88 valence electrons. The van der Waals surface area contributed by atoms with Crippen LogP contribution in [0.4, 0.5) is 5.69 Å². The maximum Gasteiger partial charge on any atom is 0.170 e. The molecule has 0 amide bonds. The summed E-state index contributed by atoms with van der Waals surface area (Å²) in [4.78, 5) is 0. The molecule has 1 rings (SSSR count). The molecule has 0 atom stereocenters. The van der Waals surface area contributed by atoms with Crippen molar-refractivity contribution in [1.82, 2.24) is 5.32 Å². The first-order valence-electron chi connectivity index (χ1n) is 4.74. The molecule has 1 aromatic rings. The van der Waals surface area contributed by atoms with E-state index in [1.807, 2.05) is 0 Å². The summed E-state index contributed by atoms with van der Waals surface area (Å²) in [6, 6.07) is 3.22. The summed E-state index contributed by atoms with van der Waals surface area (Å²) in [5.74, 6) is 0. The van der Waals surface area contributed by atoms with Gasteiger partial charge in [0.25, 0.3) is 0 Å². The van der Waals surface area contributed by atoms with Crippen LogP contribution in [0.1, 0.15) is 13.3 Å². The van der Waals surface area contributed by atoms with Crippen molar-refractivity contribution in [2.75, 3.05) is 11.9 Å². The monoisotopic (exact) mass is 296 g/mol. The van der Waals surface area contributed by atoms with Gasteiger partial charge in [-0.15, -0.1) is 0 Å². The Morgan fingerprint density at radius 1 is 1.25 bits per heavy atom. The van der Waals surface area contributed by atoms with Crippen LogP contribution in [0.2, 0.25) is 15.1 Å². The van der Waals surface area contributed by atoms with E-state index in [1.165, 1.54) is 0 Å². The molecule has 0 aliphatic rings. The fraction of sp³-hybridized carbons (Fsp3) is 0.300. The number of nitrogens with one attached hydrogen (secondary N) is 2. The quantitative estimate of drug-likeness (QED) is 0.811. The molecule has 16 heavy (non-hydrogen) atoms. The maximum atomic E-state index is 5.99. The molecule has 0 bridgehead atoms. The van der Waals surface area contributed by atoms with Gasteiger partial charge in [0.2, 0.25) is 0 Å². The van der Waals surface area contributed by atoms with E-state index >= 15 is 0 Å². The molecule has 1 aromatic carbocycles. The molecule has 2 N–H and O–H groups in total. The van der Waals surface area contributed by atoms with Gasteiger partial charge in [-0.3, -0.25) is 0 Å². The highest BCUT2D eigenvalue weighted by Crippen LogP contribution is 2.33. The molecule has 0 aromatic heterocycles. The van der Waals surface area contributed by atoms with Crippen LogP contribution < -0.4 is 10.6 Å². The van der Waals surface area contributed by atoms with Crippen molar-refractivity contribution in [2.24, 2.45) is 0 Å². The minimum absolute atomic E-state index is 0.443. The lowest BCUT2D eigenvalue weighted by Gasteiger charge is -2.12. The minimum atomic E-state index is 0.443. The number of thiocarbonyl (C=S) groups is 1. The fourth-order valence-corrected chi connectivity index (χ4v) is 2.17. The molecule has 0 unspecified atom stereocenters. The van der Waals surface area contributed by atoms with Crippen LogP contribution in [0.25, 0.3) is 0 Å². The van der Waals surface area contributed by atoms with Crippen molar-refractivity contribution in [1.29, 1.82) is 0 Å². The molecular weight excluding hydrogens is 287 g/mol. The average molecular weight is 298 g/mol. The molecule has 2 nitrogen and oxygen atoms in total. The predicted molar refractivity (Wildman–Crippen MR) is 76.0 cm³/mol. The van der Waals surface area contributed by atoms with E-state index < -0.39 is 0 Å². The summed E-state index contributed by atoms with van der Waals surface area (Å²) >= 11 is 22.9. The molecule has 0 spiro atoms. The Hall–Kier alpha value is -0.220. The van der Waals surface area contributed by atoms with Crippen LogP contribution in [0.15, 0.2) is 12.1 Å². The number of anilines is 1. The van der Waals surface area contributed by atoms with Gasteiger partial charge in [0.1, 0.15) is 0 Å². The Balaban J connectivity index is 2.77. The summed E-state index contributed by atoms with van der Waals surface area (Å²) in [5.41, 5.74) is 0.571. The van der Waals surface area contributed by atoms with Gasteiger partial charge < -0.3 is 10.6 Å². The zero-order valence-corrected chi connectivity index (χ0v) is 11.7. The SMILES string of the molecule is CCCNC(=S)Nc1c(Cl)cc(Cl)cc1Cl. The standard InChI is InChI=1S/C10H11Cl3N2S/c1-2-3-14-10(16)15-9-7(12)4-6(11)5-8(9)13/h4-5H,2-3H2,1H3,(H2,14,15,16). The molecule has 6 heteroatoms. The van der Waals surface area contributed by atoms with Gasteiger partial charge in [-0.25, -0.2) is 0 Å². The van der Waals surface area contributed by atoms with E-state index in [-0.39, 0.29) is 0 Å². The second-order valence-corrected chi connectivity index (χ2v) is 4.78. The van der Waals surface area contributed by atoms with Crippen LogP contribution in [0.5, 0.6) is 0 Å². The van der Waals surface area contributed by atoms with E-state index in [0.29, 0.717) is 25.9 Å². The highest BCUT2D eigenvalue weighted by atomic mass is 35.5. The highest BCUT2D eigenvalue weighted by Gasteiger charge is 2.08. The van der Waals surface area contributed by atoms with Crippen molar-refractivity contribution in [3.63, 3.8) is 0 Å². The molecule has 0 radical (unpaired) electrons. The highest BCUT2D eigenvalue weighted by molar-refractivity contribution is 7.80. The largest absolute Gasteiger partial charge is 0.362 e. The lowest BCUT2D eigenvalue weighted by Crippen LogP contribution is -2.29. The van der Waals surface area contributed by atoms with Crippen LogP contribution in [-0.2, 0) is 0 Å². The third-order valence-electron chi connectivity index (χ3n) is 1.78. The molecule has 0 aliphatic carbocycles. The summed E-state index contributed by atoms with van der Waals surface area (Å²) in [6.07, 6.45) is 0.990. The zero-order valence-electron chi connectivity index (χ0n) is 8.61. The Kier molecular flexibility index (Phi) is 5.62. The molecule has 0 fully saturated rings. The summed E-state index contributed by atoms with van der Waals surface area (Å²) in [5, 5.41) is 7.83. The van der Waals surface area contributed by atoms with E-state index in [0.717, 1.165) is 13.0 Å². The number of halogens is 3. The third-order valence-corrected chi connectivity index (χ3v) is 2.84. The number of rotatable bonds is 3. The number of hydrogen-bond donors (Lipinski definition) is 2. The van der Waals surface area contributed by atoms with Gasteiger partial charge in [-0.2, -0.15) is 0 Å². The van der Waals surface area contributed by atoms with Crippen molar-refractivity contribution >= 4 is 57.8 Å². The summed E-state index contributed by atoms with van der Waals surface area (Å²) in [7, 11) is 0. The molecular formula is C10H11Cl3N2S. The normalized spacial score (nSPS) is 10.0. The molecule has 0 saturated heterocycles. The lowest BCUT2D eigenvalue weighted by atomic mass is 10.3. The van der Waals surface area contributed by atoms with E-state index in [2.05, 4.69) is 17.6 Å². The van der Waals surface area contributed by atoms with Crippen molar-refractivity contribution in [2.45, 2.75) is 13.3 Å². The Morgan fingerprint density at radius 2 is 1.81 bits per heavy atom. The summed E-state index contributed by atoms with van der Waals surface area (Å²) < 4.78 is 0. The van der Waals surface area contributed by atoms with Crippen LogP contribution in [0, 0.1) is 0 Å². The molecule has 0 aliphatic heterocycles. The fourth-order valence-electron chi connectivity index (χ4n) is 1.06. The number of hydrogen-bond acceptors (Lipinski definition) is 1. The third kappa shape index (κ3) is 3.98. The first-order chi connectivity index (χ1) is 7.54. The zero-order chi connectivity index (χ0) is 12.1. The van der Waals surface area contributed by atoms with E-state index in [4.69, 9.17) is 47.0 Å². The van der Waals surface area contributed by atoms with Gasteiger partial charge in [0.15, 0.2) is 5.11 Å². The maximum absolute atomic E-state index is 5.99. The van der Waals surface area contributed by atoms with Gasteiger partial charge in [-0.1, -0.05) is 41.7 Å². The minimum Gasteiger partial charge on any atom is -0.362 e. The van der Waals surface area contributed by atoms with Gasteiger partial charge in [-0.05, 0) is 30.8 Å². The second-order valence-electron chi connectivity index (χ2n) is 3.13. The first kappa shape index (κ1) is 13.8. The van der Waals surface area contributed by atoms with Crippen LogP contribution >= 0.6 is 47.0 Å². The lowest BCUT2D eigenvalue weighted by molar-refractivity contribution is 0.846. The first-order valence-corrected chi connectivity index (χ1v) is 6.28. The topological polar surface area (TPSA) is 24.1 Å². The Morgan fingerprint density at radius 3 is 2.31 bits per heavy atom. The van der Waals surface area contributed by atoms with Crippen molar-refractivity contribution < 1.29 is 0 Å². The van der Waals surface area contributed by atoms with Gasteiger partial charge in [0.05, 0.1) is 15.7 Å². The predicted octanol–water partition coefficient (Wildman–Crippen LogP) is 4.34. The Bertz CT molecular complexity index is 373. The van der Waals surface area contributed by atoms with Crippen LogP contribution in [-0.4, -0.2) is 11.7 Å². The van der Waals surface area contributed by atoms with Crippen molar-refractivity contribution in [3.05, 3.63) is 27.2 Å². The van der Waals surface area contributed by atoms with E-state index in [1.54, 1.807) is 12.1 Å². The number of benzene rings is 1. The van der Waals surface area contributed by atoms with Gasteiger partial charge in [0, 0.05) is 11.6 Å². The Labute approximate surface area is 115 Å².